The fourth-order valence-electron chi connectivity index (χ4n) is 1.29. The Kier molecular flexibility index (Phi) is 4.88. The first-order chi connectivity index (χ1) is 9.04. The van der Waals surface area contributed by atoms with Gasteiger partial charge in [-0.2, -0.15) is 0 Å². The van der Waals surface area contributed by atoms with Crippen LogP contribution in [-0.2, 0) is 0 Å². The summed E-state index contributed by atoms with van der Waals surface area (Å²) in [7, 11) is 0. The van der Waals surface area contributed by atoms with Crippen LogP contribution in [0.3, 0.4) is 0 Å². The van der Waals surface area contributed by atoms with Crippen molar-refractivity contribution in [2.75, 3.05) is 0 Å². The van der Waals surface area contributed by atoms with Gasteiger partial charge in [-0.05, 0) is 30.3 Å². The first kappa shape index (κ1) is 14.4. The molecule has 0 spiro atoms. The summed E-state index contributed by atoms with van der Waals surface area (Å²) < 4.78 is 10.6. The minimum absolute atomic E-state index is 0.0913. The van der Waals surface area contributed by atoms with Gasteiger partial charge in [0.05, 0.1) is 5.02 Å². The summed E-state index contributed by atoms with van der Waals surface area (Å²) in [5.41, 5.74) is 0. The van der Waals surface area contributed by atoms with Gasteiger partial charge in [-0.3, -0.25) is 0 Å². The van der Waals surface area contributed by atoms with Crippen LogP contribution in [0.1, 0.15) is 0 Å². The van der Waals surface area contributed by atoms with E-state index >= 15 is 0 Å². The topological polar surface area (TPSA) is 18.5 Å². The molecule has 0 fully saturated rings. The Morgan fingerprint density at radius 1 is 0.895 bits per heavy atom. The third kappa shape index (κ3) is 4.25. The molecule has 0 saturated heterocycles. The first-order valence-electron chi connectivity index (χ1n) is 5.15. The minimum Gasteiger partial charge on any atom is -0.417 e. The van der Waals surface area contributed by atoms with Crippen LogP contribution in [0.2, 0.25) is 15.1 Å². The van der Waals surface area contributed by atoms with E-state index in [0.29, 0.717) is 26.6 Å². The van der Waals surface area contributed by atoms with Gasteiger partial charge < -0.3 is 9.47 Å². The number of halogens is 3. The number of rotatable bonds is 2. The van der Waals surface area contributed by atoms with E-state index in [-0.39, 0.29) is 5.24 Å². The van der Waals surface area contributed by atoms with Gasteiger partial charge in [-0.15, -0.1) is 0 Å². The minimum atomic E-state index is -0.0913. The standard InChI is InChI=1S/C13H7Cl3O2S/c14-8-2-1-3-10(6-8)17-13(19)18-12-7-9(15)4-5-11(12)16/h1-7H. The zero-order valence-electron chi connectivity index (χ0n) is 9.40. The lowest BCUT2D eigenvalue weighted by Crippen LogP contribution is -2.13. The summed E-state index contributed by atoms with van der Waals surface area (Å²) in [6.07, 6.45) is 0. The Hall–Kier alpha value is -1.000. The predicted molar refractivity (Wildman–Crippen MR) is 81.8 cm³/mol. The molecule has 0 heterocycles. The van der Waals surface area contributed by atoms with Crippen molar-refractivity contribution in [3.8, 4) is 11.5 Å². The second kappa shape index (κ2) is 6.44. The molecule has 0 aromatic heterocycles. The lowest BCUT2D eigenvalue weighted by molar-refractivity contribution is 0.404. The maximum Gasteiger partial charge on any atom is 0.363 e. The molecule has 0 aliphatic carbocycles. The number of thiocarbonyl (C=S) groups is 1. The summed E-state index contributed by atoms with van der Waals surface area (Å²) in [5, 5.41) is 1.33. The zero-order valence-corrected chi connectivity index (χ0v) is 12.5. The van der Waals surface area contributed by atoms with E-state index < -0.39 is 0 Å². The van der Waals surface area contributed by atoms with E-state index in [1.807, 2.05) is 0 Å². The largest absolute Gasteiger partial charge is 0.417 e. The average Bonchev–Trinajstić information content (AvgIpc) is 2.34. The van der Waals surface area contributed by atoms with Crippen molar-refractivity contribution in [2.24, 2.45) is 0 Å². The molecule has 19 heavy (non-hydrogen) atoms. The summed E-state index contributed by atoms with van der Waals surface area (Å²) in [6, 6.07) is 11.6. The number of hydrogen-bond acceptors (Lipinski definition) is 3. The first-order valence-corrected chi connectivity index (χ1v) is 6.69. The highest BCUT2D eigenvalue weighted by atomic mass is 35.5. The van der Waals surface area contributed by atoms with E-state index in [1.54, 1.807) is 42.5 Å². The van der Waals surface area contributed by atoms with Crippen molar-refractivity contribution in [3.05, 3.63) is 57.5 Å². The van der Waals surface area contributed by atoms with Crippen LogP contribution >= 0.6 is 47.0 Å². The van der Waals surface area contributed by atoms with Crippen LogP contribution in [0.25, 0.3) is 0 Å². The fraction of sp³-hybridized carbons (Fsp3) is 0. The highest BCUT2D eigenvalue weighted by molar-refractivity contribution is 7.79. The zero-order chi connectivity index (χ0) is 13.8. The van der Waals surface area contributed by atoms with Gasteiger partial charge in [0, 0.05) is 28.3 Å². The predicted octanol–water partition coefficient (Wildman–Crippen LogP) is 5.39. The molecule has 0 amide bonds. The normalized spacial score (nSPS) is 10.1. The Labute approximate surface area is 130 Å². The second-order valence-electron chi connectivity index (χ2n) is 3.49. The molecule has 0 radical (unpaired) electrons. The van der Waals surface area contributed by atoms with Crippen LogP contribution in [0.4, 0.5) is 0 Å². The van der Waals surface area contributed by atoms with Crippen molar-refractivity contribution < 1.29 is 9.47 Å². The molecule has 0 bridgehead atoms. The van der Waals surface area contributed by atoms with Crippen molar-refractivity contribution >= 4 is 52.3 Å². The lowest BCUT2D eigenvalue weighted by atomic mass is 10.3. The van der Waals surface area contributed by atoms with Crippen molar-refractivity contribution in [2.45, 2.75) is 0 Å². The van der Waals surface area contributed by atoms with Crippen molar-refractivity contribution in [3.63, 3.8) is 0 Å². The third-order valence-electron chi connectivity index (χ3n) is 2.08. The van der Waals surface area contributed by atoms with E-state index in [9.17, 15) is 0 Å². The molecule has 2 aromatic rings. The summed E-state index contributed by atoms with van der Waals surface area (Å²) in [4.78, 5) is 0. The SMILES string of the molecule is S=C(Oc1cccc(Cl)c1)Oc1cc(Cl)ccc1Cl. The molecule has 2 nitrogen and oxygen atoms in total. The monoisotopic (exact) mass is 332 g/mol. The molecular formula is C13H7Cl3O2S. The highest BCUT2D eigenvalue weighted by Gasteiger charge is 2.08. The van der Waals surface area contributed by atoms with Gasteiger partial charge in [0.1, 0.15) is 5.75 Å². The van der Waals surface area contributed by atoms with Gasteiger partial charge in [-0.1, -0.05) is 40.9 Å². The third-order valence-corrected chi connectivity index (χ3v) is 3.03. The van der Waals surface area contributed by atoms with Crippen LogP contribution < -0.4 is 9.47 Å². The molecular weight excluding hydrogens is 327 g/mol. The molecule has 6 heteroatoms. The molecule has 2 rings (SSSR count). The highest BCUT2D eigenvalue weighted by Crippen LogP contribution is 2.28. The molecule has 0 N–H and O–H groups in total. The molecule has 98 valence electrons. The van der Waals surface area contributed by atoms with Crippen LogP contribution in [0, 0.1) is 0 Å². The molecule has 0 unspecified atom stereocenters. The van der Waals surface area contributed by atoms with Crippen LogP contribution in [0.15, 0.2) is 42.5 Å². The Morgan fingerprint density at radius 2 is 1.63 bits per heavy atom. The van der Waals surface area contributed by atoms with Crippen LogP contribution in [0.5, 0.6) is 11.5 Å². The van der Waals surface area contributed by atoms with Gasteiger partial charge >= 0.3 is 5.24 Å². The quantitative estimate of drug-likeness (QED) is 0.687. The number of ether oxygens (including phenoxy) is 2. The van der Waals surface area contributed by atoms with Gasteiger partial charge in [0.25, 0.3) is 0 Å². The van der Waals surface area contributed by atoms with Crippen LogP contribution in [-0.4, -0.2) is 5.24 Å². The number of benzene rings is 2. The van der Waals surface area contributed by atoms with E-state index in [0.717, 1.165) is 0 Å². The maximum atomic E-state index is 5.95. The Bertz CT molecular complexity index is 617. The molecule has 0 aliphatic heterocycles. The maximum absolute atomic E-state index is 5.95. The fourth-order valence-corrected chi connectivity index (χ4v) is 1.98. The Morgan fingerprint density at radius 3 is 2.37 bits per heavy atom. The summed E-state index contributed by atoms with van der Waals surface area (Å²) >= 11 is 22.6. The molecule has 2 aromatic carbocycles. The molecule has 0 aliphatic rings. The van der Waals surface area contributed by atoms with E-state index in [1.165, 1.54) is 0 Å². The van der Waals surface area contributed by atoms with Gasteiger partial charge in [-0.25, -0.2) is 0 Å². The summed E-state index contributed by atoms with van der Waals surface area (Å²) in [5.74, 6) is 0.817. The average molecular weight is 334 g/mol. The molecule has 0 atom stereocenters. The lowest BCUT2D eigenvalue weighted by Gasteiger charge is -2.09. The van der Waals surface area contributed by atoms with E-state index in [2.05, 4.69) is 0 Å². The van der Waals surface area contributed by atoms with Gasteiger partial charge in [0.15, 0.2) is 5.75 Å². The second-order valence-corrected chi connectivity index (χ2v) is 5.10. The smallest absolute Gasteiger partial charge is 0.363 e. The van der Waals surface area contributed by atoms with Crippen molar-refractivity contribution in [1.29, 1.82) is 0 Å². The number of hydrogen-bond donors (Lipinski definition) is 0. The van der Waals surface area contributed by atoms with E-state index in [4.69, 9.17) is 56.5 Å². The van der Waals surface area contributed by atoms with Gasteiger partial charge in [0.2, 0.25) is 0 Å². The Balaban J connectivity index is 2.07. The molecule has 0 saturated carbocycles. The van der Waals surface area contributed by atoms with Crippen molar-refractivity contribution in [1.82, 2.24) is 0 Å². The summed E-state index contributed by atoms with van der Waals surface area (Å²) in [6.45, 7) is 0.